The number of nitriles is 2. The number of ether oxygens (including phenoxy) is 2. The van der Waals surface area contributed by atoms with Crippen molar-refractivity contribution in [1.82, 2.24) is 0 Å². The van der Waals surface area contributed by atoms with Gasteiger partial charge in [-0.05, 0) is 23.3 Å². The third-order valence-corrected chi connectivity index (χ3v) is 3.01. The van der Waals surface area contributed by atoms with Gasteiger partial charge in [0.2, 0.25) is 0 Å². The molecular formula is C14H10N2O3. The number of Topliss-reactive ketones (excluding diaryl/α,β-unsaturated/α-hetero) is 1. The lowest BCUT2D eigenvalue weighted by Crippen LogP contribution is -1.96. The summed E-state index contributed by atoms with van der Waals surface area (Å²) in [6, 6.07) is 6.84. The Morgan fingerprint density at radius 2 is 1.63 bits per heavy atom. The molecule has 0 aromatic heterocycles. The van der Waals surface area contributed by atoms with E-state index in [1.165, 1.54) is 14.2 Å². The number of allylic oxidation sites excluding steroid dienone is 2. The first-order chi connectivity index (χ1) is 9.15. The van der Waals surface area contributed by atoms with Crippen LogP contribution in [0.2, 0.25) is 0 Å². The predicted octanol–water partition coefficient (Wildman–Crippen LogP) is 2.09. The molecule has 2 rings (SSSR count). The average Bonchev–Trinajstić information content (AvgIpc) is 2.75. The predicted molar refractivity (Wildman–Crippen MR) is 66.6 cm³/mol. The van der Waals surface area contributed by atoms with Gasteiger partial charge in [-0.25, -0.2) is 0 Å². The molecule has 0 radical (unpaired) electrons. The molecule has 0 saturated heterocycles. The SMILES string of the molecule is COc1cc2c(cc1OC)C(=C(C#N)C#N)CC2=O. The van der Waals surface area contributed by atoms with Crippen LogP contribution in [0.4, 0.5) is 0 Å². The zero-order valence-corrected chi connectivity index (χ0v) is 10.5. The minimum atomic E-state index is -0.131. The van der Waals surface area contributed by atoms with Crippen LogP contribution in [0.25, 0.3) is 5.57 Å². The number of fused-ring (bicyclic) bond motifs is 1. The second-order valence-corrected chi connectivity index (χ2v) is 3.93. The van der Waals surface area contributed by atoms with E-state index in [2.05, 4.69) is 0 Å². The number of nitrogens with zero attached hydrogens (tertiary/aromatic N) is 2. The van der Waals surface area contributed by atoms with E-state index in [1.54, 1.807) is 12.1 Å². The fraction of sp³-hybridized carbons (Fsp3) is 0.214. The maximum Gasteiger partial charge on any atom is 0.168 e. The van der Waals surface area contributed by atoms with Crippen molar-refractivity contribution >= 4 is 11.4 Å². The van der Waals surface area contributed by atoms with Crippen LogP contribution in [0.1, 0.15) is 22.3 Å². The average molecular weight is 254 g/mol. The summed E-state index contributed by atoms with van der Waals surface area (Å²) in [5.74, 6) is 0.781. The molecule has 0 aliphatic heterocycles. The standard InChI is InChI=1S/C14H10N2O3/c1-18-13-4-10-9(8(6-15)7-16)3-12(17)11(10)5-14(13)19-2/h4-5H,3H2,1-2H3. The van der Waals surface area contributed by atoms with Gasteiger partial charge in [0, 0.05) is 12.0 Å². The number of methoxy groups -OCH3 is 2. The van der Waals surface area contributed by atoms with Crippen molar-refractivity contribution in [2.24, 2.45) is 0 Å². The molecule has 5 heteroatoms. The second kappa shape index (κ2) is 4.83. The molecule has 1 aliphatic rings. The van der Waals surface area contributed by atoms with E-state index >= 15 is 0 Å². The van der Waals surface area contributed by atoms with Crippen molar-refractivity contribution in [2.45, 2.75) is 6.42 Å². The number of carbonyl (C=O) groups excluding carboxylic acids is 1. The Morgan fingerprint density at radius 1 is 1.11 bits per heavy atom. The summed E-state index contributed by atoms with van der Waals surface area (Å²) < 4.78 is 10.3. The third kappa shape index (κ3) is 1.92. The molecule has 94 valence electrons. The highest BCUT2D eigenvalue weighted by Crippen LogP contribution is 2.40. The third-order valence-electron chi connectivity index (χ3n) is 3.01. The van der Waals surface area contributed by atoms with Crippen LogP contribution in [0.15, 0.2) is 17.7 Å². The van der Waals surface area contributed by atoms with Crippen molar-refractivity contribution < 1.29 is 14.3 Å². The van der Waals surface area contributed by atoms with E-state index in [-0.39, 0.29) is 17.8 Å². The van der Waals surface area contributed by atoms with Crippen LogP contribution in [-0.4, -0.2) is 20.0 Å². The molecule has 0 atom stereocenters. The number of benzene rings is 1. The van der Waals surface area contributed by atoms with Crippen molar-refractivity contribution in [3.05, 3.63) is 28.8 Å². The Bertz CT molecular complexity index is 659. The minimum Gasteiger partial charge on any atom is -0.493 e. The number of ketones is 1. The number of carbonyl (C=O) groups is 1. The lowest BCUT2D eigenvalue weighted by atomic mass is 10.0. The van der Waals surface area contributed by atoms with Gasteiger partial charge in [0.15, 0.2) is 17.3 Å². The molecule has 0 spiro atoms. The van der Waals surface area contributed by atoms with Gasteiger partial charge in [0.05, 0.1) is 14.2 Å². The monoisotopic (exact) mass is 254 g/mol. The molecule has 0 heterocycles. The van der Waals surface area contributed by atoms with Gasteiger partial charge < -0.3 is 9.47 Å². The molecule has 1 aliphatic carbocycles. The first-order valence-corrected chi connectivity index (χ1v) is 5.49. The van der Waals surface area contributed by atoms with E-state index in [0.29, 0.717) is 28.2 Å². The van der Waals surface area contributed by atoms with Crippen molar-refractivity contribution in [1.29, 1.82) is 10.5 Å². The quantitative estimate of drug-likeness (QED) is 0.754. The van der Waals surface area contributed by atoms with Crippen LogP contribution in [0.3, 0.4) is 0 Å². The summed E-state index contributed by atoms with van der Waals surface area (Å²) >= 11 is 0. The Labute approximate surface area is 110 Å². The fourth-order valence-electron chi connectivity index (χ4n) is 2.09. The number of hydrogen-bond acceptors (Lipinski definition) is 5. The van der Waals surface area contributed by atoms with Crippen LogP contribution in [0, 0.1) is 22.7 Å². The Kier molecular flexibility index (Phi) is 3.22. The summed E-state index contributed by atoms with van der Waals surface area (Å²) in [5, 5.41) is 17.9. The Hall–Kier alpha value is -2.79. The number of rotatable bonds is 2. The number of hydrogen-bond donors (Lipinski definition) is 0. The largest absolute Gasteiger partial charge is 0.493 e. The van der Waals surface area contributed by atoms with E-state index in [9.17, 15) is 4.79 Å². The molecular weight excluding hydrogens is 244 g/mol. The summed E-state index contributed by atoms with van der Waals surface area (Å²) in [6.07, 6.45) is 0.0576. The topological polar surface area (TPSA) is 83.1 Å². The molecule has 0 unspecified atom stereocenters. The molecule has 1 aromatic carbocycles. The molecule has 0 amide bonds. The molecule has 1 aromatic rings. The van der Waals surface area contributed by atoms with Crippen molar-refractivity contribution in [3.63, 3.8) is 0 Å². The van der Waals surface area contributed by atoms with Crippen LogP contribution >= 0.6 is 0 Å². The first-order valence-electron chi connectivity index (χ1n) is 5.49. The minimum absolute atomic E-state index is 0.0423. The normalized spacial score (nSPS) is 12.4. The summed E-state index contributed by atoms with van der Waals surface area (Å²) in [4.78, 5) is 11.9. The smallest absolute Gasteiger partial charge is 0.168 e. The molecule has 0 saturated carbocycles. The van der Waals surface area contributed by atoms with Crippen LogP contribution in [-0.2, 0) is 0 Å². The maximum atomic E-state index is 11.9. The van der Waals surface area contributed by atoms with Gasteiger partial charge in [-0.2, -0.15) is 10.5 Å². The molecule has 19 heavy (non-hydrogen) atoms. The highest BCUT2D eigenvalue weighted by Gasteiger charge is 2.29. The summed E-state index contributed by atoms with van der Waals surface area (Å²) in [7, 11) is 2.97. The van der Waals surface area contributed by atoms with E-state index < -0.39 is 0 Å². The molecule has 0 bridgehead atoms. The van der Waals surface area contributed by atoms with E-state index in [0.717, 1.165) is 0 Å². The zero-order valence-electron chi connectivity index (χ0n) is 10.5. The fourth-order valence-corrected chi connectivity index (χ4v) is 2.09. The van der Waals surface area contributed by atoms with Crippen LogP contribution < -0.4 is 9.47 Å². The highest BCUT2D eigenvalue weighted by molar-refractivity contribution is 6.13. The molecule has 0 N–H and O–H groups in total. The van der Waals surface area contributed by atoms with Crippen molar-refractivity contribution in [3.8, 4) is 23.6 Å². The molecule has 5 nitrogen and oxygen atoms in total. The maximum absolute atomic E-state index is 11.9. The first kappa shape index (κ1) is 12.7. The second-order valence-electron chi connectivity index (χ2n) is 3.93. The van der Waals surface area contributed by atoms with Gasteiger partial charge in [-0.3, -0.25) is 4.79 Å². The van der Waals surface area contributed by atoms with Crippen molar-refractivity contribution in [2.75, 3.05) is 14.2 Å². The van der Waals surface area contributed by atoms with Gasteiger partial charge in [-0.1, -0.05) is 0 Å². The van der Waals surface area contributed by atoms with Gasteiger partial charge >= 0.3 is 0 Å². The summed E-state index contributed by atoms with van der Waals surface area (Å²) in [5.41, 5.74) is 1.43. The van der Waals surface area contributed by atoms with Crippen LogP contribution in [0.5, 0.6) is 11.5 Å². The summed E-state index contributed by atoms with van der Waals surface area (Å²) in [6.45, 7) is 0. The highest BCUT2D eigenvalue weighted by atomic mass is 16.5. The van der Waals surface area contributed by atoms with E-state index in [4.69, 9.17) is 20.0 Å². The zero-order chi connectivity index (χ0) is 14.0. The lowest BCUT2D eigenvalue weighted by Gasteiger charge is -2.09. The van der Waals surface area contributed by atoms with Gasteiger partial charge in [0.25, 0.3) is 0 Å². The molecule has 0 fully saturated rings. The lowest BCUT2D eigenvalue weighted by molar-refractivity contribution is 0.100. The Morgan fingerprint density at radius 3 is 2.11 bits per heavy atom. The van der Waals surface area contributed by atoms with Gasteiger partial charge in [0.1, 0.15) is 17.7 Å². The van der Waals surface area contributed by atoms with Gasteiger partial charge in [-0.15, -0.1) is 0 Å². The van der Waals surface area contributed by atoms with E-state index in [1.807, 2.05) is 12.1 Å². The Balaban J connectivity index is 2.73.